The summed E-state index contributed by atoms with van der Waals surface area (Å²) < 4.78 is 11.3. The average molecular weight is 570 g/mol. The molecule has 1 heterocycles. The van der Waals surface area contributed by atoms with Crippen LogP contribution in [0.4, 0.5) is 16.2 Å². The summed E-state index contributed by atoms with van der Waals surface area (Å²) in [5, 5.41) is 14.9. The molecule has 1 N–H and O–H groups in total. The van der Waals surface area contributed by atoms with Crippen molar-refractivity contribution in [2.45, 2.75) is 6.61 Å². The summed E-state index contributed by atoms with van der Waals surface area (Å²) in [7, 11) is 1.47. The molecule has 0 aromatic heterocycles. The van der Waals surface area contributed by atoms with Crippen molar-refractivity contribution in [3.8, 4) is 11.5 Å². The number of nitro benzene ring substituents is 1. The van der Waals surface area contributed by atoms with Gasteiger partial charge in [-0.1, -0.05) is 42.5 Å². The maximum atomic E-state index is 13.0. The Morgan fingerprint density at radius 2 is 1.76 bits per heavy atom. The highest BCUT2D eigenvalue weighted by Crippen LogP contribution is 2.35. The number of carbonyl (C=O) groups excluding carboxylic acids is 3. The molecule has 11 heteroatoms. The molecule has 0 bridgehead atoms. The highest BCUT2D eigenvalue weighted by molar-refractivity contribution is 8.18. The van der Waals surface area contributed by atoms with Crippen LogP contribution < -0.4 is 14.8 Å². The van der Waals surface area contributed by atoms with Crippen molar-refractivity contribution in [1.29, 1.82) is 0 Å². The number of thioether (sulfide) groups is 1. The first-order valence-electron chi connectivity index (χ1n) is 12.4. The normalized spacial score (nSPS) is 14.0. The number of nitrogens with zero attached hydrogens (tertiary/aromatic N) is 2. The van der Waals surface area contributed by atoms with Crippen LogP contribution in [-0.4, -0.2) is 40.5 Å². The molecule has 1 aliphatic rings. The number of rotatable bonds is 9. The number of hydrogen-bond donors (Lipinski definition) is 1. The van der Waals surface area contributed by atoms with Crippen molar-refractivity contribution >= 4 is 57.0 Å². The lowest BCUT2D eigenvalue weighted by molar-refractivity contribution is -0.384. The molecule has 0 saturated carbocycles. The number of fused-ring (bicyclic) bond motifs is 1. The second-order valence-electron chi connectivity index (χ2n) is 8.97. The van der Waals surface area contributed by atoms with Gasteiger partial charge < -0.3 is 14.8 Å². The lowest BCUT2D eigenvalue weighted by atomic mass is 10.1. The zero-order valence-electron chi connectivity index (χ0n) is 21.7. The van der Waals surface area contributed by atoms with Crippen molar-refractivity contribution in [3.05, 3.63) is 111 Å². The SMILES string of the molecule is COc1cc(/C=C2/SC(=O)N(CC(=O)Nc3cccc4ccccc34)C2=O)ccc1OCc1ccc([N+](=O)[O-])cc1. The summed E-state index contributed by atoms with van der Waals surface area (Å²) in [5.74, 6) is -0.220. The maximum absolute atomic E-state index is 13.0. The zero-order valence-corrected chi connectivity index (χ0v) is 22.6. The summed E-state index contributed by atoms with van der Waals surface area (Å²) in [6.45, 7) is -0.253. The first kappa shape index (κ1) is 27.4. The minimum absolute atomic E-state index is 0.00876. The van der Waals surface area contributed by atoms with Gasteiger partial charge in [-0.05, 0) is 64.7 Å². The fourth-order valence-electron chi connectivity index (χ4n) is 4.22. The quantitative estimate of drug-likeness (QED) is 0.147. The van der Waals surface area contributed by atoms with Gasteiger partial charge in [0, 0.05) is 23.2 Å². The Bertz CT molecular complexity index is 1700. The Kier molecular flexibility index (Phi) is 7.97. The second kappa shape index (κ2) is 11.9. The highest BCUT2D eigenvalue weighted by atomic mass is 32.2. The van der Waals surface area contributed by atoms with Gasteiger partial charge in [-0.15, -0.1) is 0 Å². The van der Waals surface area contributed by atoms with Crippen LogP contribution >= 0.6 is 11.8 Å². The van der Waals surface area contributed by atoms with Crippen LogP contribution in [0.25, 0.3) is 16.8 Å². The van der Waals surface area contributed by atoms with Crippen LogP contribution in [0.2, 0.25) is 0 Å². The topological polar surface area (TPSA) is 128 Å². The van der Waals surface area contributed by atoms with Crippen LogP contribution in [0, 0.1) is 10.1 Å². The van der Waals surface area contributed by atoms with Crippen molar-refractivity contribution < 1.29 is 28.8 Å². The van der Waals surface area contributed by atoms with E-state index < -0.39 is 28.5 Å². The van der Waals surface area contributed by atoms with Gasteiger partial charge in [-0.3, -0.25) is 29.4 Å². The smallest absolute Gasteiger partial charge is 0.294 e. The molecule has 1 saturated heterocycles. The average Bonchev–Trinajstić information content (AvgIpc) is 3.23. The number of carbonyl (C=O) groups is 3. The van der Waals surface area contributed by atoms with Crippen LogP contribution in [0.5, 0.6) is 11.5 Å². The van der Waals surface area contributed by atoms with E-state index in [9.17, 15) is 24.5 Å². The van der Waals surface area contributed by atoms with Crippen LogP contribution in [-0.2, 0) is 16.2 Å². The first-order chi connectivity index (χ1) is 19.8. The van der Waals surface area contributed by atoms with E-state index in [1.54, 1.807) is 42.5 Å². The Morgan fingerprint density at radius 1 is 1.00 bits per heavy atom. The van der Waals surface area contributed by atoms with E-state index in [-0.39, 0.29) is 17.2 Å². The van der Waals surface area contributed by atoms with E-state index in [1.807, 2.05) is 36.4 Å². The number of non-ortho nitro benzene ring substituents is 1. The molecule has 0 radical (unpaired) electrons. The third-order valence-corrected chi connectivity index (χ3v) is 7.17. The number of methoxy groups -OCH3 is 1. The molecule has 4 aromatic rings. The van der Waals surface area contributed by atoms with Crippen molar-refractivity contribution in [2.75, 3.05) is 19.0 Å². The molecule has 1 fully saturated rings. The highest BCUT2D eigenvalue weighted by Gasteiger charge is 2.36. The van der Waals surface area contributed by atoms with Gasteiger partial charge in [0.25, 0.3) is 16.8 Å². The molecule has 5 rings (SSSR count). The number of hydrogen-bond acceptors (Lipinski definition) is 8. The summed E-state index contributed by atoms with van der Waals surface area (Å²) in [4.78, 5) is 49.8. The van der Waals surface area contributed by atoms with E-state index >= 15 is 0 Å². The lowest BCUT2D eigenvalue weighted by Gasteiger charge is -2.13. The molecule has 41 heavy (non-hydrogen) atoms. The largest absolute Gasteiger partial charge is 0.493 e. The Balaban J connectivity index is 1.24. The van der Waals surface area contributed by atoms with Crippen molar-refractivity contribution in [3.63, 3.8) is 0 Å². The minimum atomic E-state index is -0.564. The van der Waals surface area contributed by atoms with Gasteiger partial charge in [0.1, 0.15) is 13.2 Å². The van der Waals surface area contributed by atoms with Crippen LogP contribution in [0.15, 0.2) is 89.8 Å². The maximum Gasteiger partial charge on any atom is 0.294 e. The number of nitro groups is 1. The number of amides is 3. The summed E-state index contributed by atoms with van der Waals surface area (Å²) in [6, 6.07) is 24.1. The van der Waals surface area contributed by atoms with E-state index in [4.69, 9.17) is 9.47 Å². The molecule has 0 unspecified atom stereocenters. The second-order valence-corrected chi connectivity index (χ2v) is 9.96. The minimum Gasteiger partial charge on any atom is -0.493 e. The number of imide groups is 1. The number of anilines is 1. The zero-order chi connectivity index (χ0) is 28.9. The summed E-state index contributed by atoms with van der Waals surface area (Å²) >= 11 is 0.754. The van der Waals surface area contributed by atoms with Gasteiger partial charge in [0.05, 0.1) is 16.9 Å². The number of benzene rings is 4. The molecule has 3 amide bonds. The summed E-state index contributed by atoms with van der Waals surface area (Å²) in [6.07, 6.45) is 1.55. The van der Waals surface area contributed by atoms with Crippen LogP contribution in [0.1, 0.15) is 11.1 Å². The molecular formula is C30H23N3O7S. The van der Waals surface area contributed by atoms with E-state index in [1.165, 1.54) is 19.2 Å². The third-order valence-electron chi connectivity index (χ3n) is 6.27. The van der Waals surface area contributed by atoms with Gasteiger partial charge in [0.2, 0.25) is 5.91 Å². The predicted molar refractivity (Wildman–Crippen MR) is 156 cm³/mol. The predicted octanol–water partition coefficient (Wildman–Crippen LogP) is 6.01. The Hall–Kier alpha value is -5.16. The monoisotopic (exact) mass is 569 g/mol. The Labute approximate surface area is 238 Å². The standard InChI is InChI=1S/C30H23N3O7S/c1-39-26-15-20(11-14-25(26)40-18-19-9-12-22(13-10-19)33(37)38)16-27-29(35)32(30(36)41-27)17-28(34)31-24-8-4-6-21-5-2-3-7-23(21)24/h2-16H,17-18H2,1H3,(H,31,34)/b27-16+. The van der Waals surface area contributed by atoms with Crippen molar-refractivity contribution in [2.24, 2.45) is 0 Å². The van der Waals surface area contributed by atoms with Crippen molar-refractivity contribution in [1.82, 2.24) is 4.90 Å². The fourth-order valence-corrected chi connectivity index (χ4v) is 5.06. The van der Waals surface area contributed by atoms with Gasteiger partial charge in [0.15, 0.2) is 11.5 Å². The molecule has 0 atom stereocenters. The molecule has 0 spiro atoms. The van der Waals surface area contributed by atoms with E-state index in [0.29, 0.717) is 22.7 Å². The van der Waals surface area contributed by atoms with Gasteiger partial charge in [-0.25, -0.2) is 0 Å². The van der Waals surface area contributed by atoms with E-state index in [2.05, 4.69) is 5.32 Å². The summed E-state index contributed by atoms with van der Waals surface area (Å²) in [5.41, 5.74) is 1.92. The molecule has 4 aromatic carbocycles. The molecular weight excluding hydrogens is 546 g/mol. The molecule has 10 nitrogen and oxygen atoms in total. The van der Waals surface area contributed by atoms with Gasteiger partial charge in [-0.2, -0.15) is 0 Å². The third kappa shape index (κ3) is 6.20. The fraction of sp³-hybridized carbons (Fsp3) is 0.100. The Morgan fingerprint density at radius 3 is 2.51 bits per heavy atom. The lowest BCUT2D eigenvalue weighted by Crippen LogP contribution is -2.36. The van der Waals surface area contributed by atoms with Gasteiger partial charge >= 0.3 is 0 Å². The molecule has 0 aliphatic carbocycles. The first-order valence-corrected chi connectivity index (χ1v) is 13.2. The molecule has 1 aliphatic heterocycles. The van der Waals surface area contributed by atoms with Crippen LogP contribution in [0.3, 0.4) is 0 Å². The van der Waals surface area contributed by atoms with E-state index in [0.717, 1.165) is 33.0 Å². The number of nitrogens with one attached hydrogen (secondary N) is 1. The molecule has 206 valence electrons. The number of ether oxygens (including phenoxy) is 2.